The monoisotopic (exact) mass is 210 g/mol. The fourth-order valence-electron chi connectivity index (χ4n) is 2.18. The molecule has 0 saturated carbocycles. The second kappa shape index (κ2) is 4.01. The highest BCUT2D eigenvalue weighted by Crippen LogP contribution is 2.31. The fraction of sp³-hybridized carbons (Fsp3) is 0.200. The zero-order valence-corrected chi connectivity index (χ0v) is 9.15. The zero-order chi connectivity index (χ0) is 10.8. The first-order valence-corrected chi connectivity index (χ1v) is 5.73. The van der Waals surface area contributed by atoms with E-state index < -0.39 is 0 Å². The zero-order valence-electron chi connectivity index (χ0n) is 9.15. The van der Waals surface area contributed by atoms with E-state index in [1.807, 2.05) is 0 Å². The molecule has 0 bridgehead atoms. The number of ether oxygens (including phenoxy) is 1. The lowest BCUT2D eigenvalue weighted by Crippen LogP contribution is -2.02. The van der Waals surface area contributed by atoms with Gasteiger partial charge in [0.1, 0.15) is 5.75 Å². The molecule has 0 radical (unpaired) electrons. The Hall–Kier alpha value is -1.76. The molecule has 2 aromatic rings. The van der Waals surface area contributed by atoms with E-state index in [2.05, 4.69) is 48.6 Å². The maximum absolute atomic E-state index is 5.89. The Bertz CT molecular complexity index is 540. The lowest BCUT2D eigenvalue weighted by atomic mass is 10.0. The van der Waals surface area contributed by atoms with Crippen LogP contribution in [0.15, 0.2) is 48.6 Å². The molecule has 3 rings (SSSR count). The van der Waals surface area contributed by atoms with Gasteiger partial charge in [0.05, 0.1) is 6.61 Å². The van der Waals surface area contributed by atoms with Gasteiger partial charge < -0.3 is 4.74 Å². The number of rotatable bonds is 0. The van der Waals surface area contributed by atoms with Crippen molar-refractivity contribution in [1.82, 2.24) is 0 Å². The van der Waals surface area contributed by atoms with Gasteiger partial charge in [-0.05, 0) is 23.8 Å². The molecular weight excluding hydrogens is 196 g/mol. The molecular formula is C15H14O. The van der Waals surface area contributed by atoms with E-state index in [9.17, 15) is 0 Å². The summed E-state index contributed by atoms with van der Waals surface area (Å²) in [7, 11) is 0. The van der Waals surface area contributed by atoms with Gasteiger partial charge in [-0.25, -0.2) is 0 Å². The molecule has 80 valence electrons. The third-order valence-corrected chi connectivity index (χ3v) is 3.00. The minimum atomic E-state index is 0.775. The van der Waals surface area contributed by atoms with Crippen molar-refractivity contribution < 1.29 is 4.74 Å². The van der Waals surface area contributed by atoms with E-state index in [1.165, 1.54) is 16.3 Å². The number of benzene rings is 2. The van der Waals surface area contributed by atoms with Crippen molar-refractivity contribution in [2.24, 2.45) is 0 Å². The highest BCUT2D eigenvalue weighted by atomic mass is 16.5. The van der Waals surface area contributed by atoms with Gasteiger partial charge in [-0.15, -0.1) is 0 Å². The second-order valence-corrected chi connectivity index (χ2v) is 4.09. The third kappa shape index (κ3) is 1.58. The summed E-state index contributed by atoms with van der Waals surface area (Å²) in [4.78, 5) is 0. The van der Waals surface area contributed by atoms with Crippen molar-refractivity contribution in [1.29, 1.82) is 0 Å². The standard InChI is InChI=1S/C15H14O/c1-2-7-13-10-9-12-6-3-4-8-14(12)15(13)16-11-5-1/h1-4,6,8-10H,5,7,11H2/b2-1-. The van der Waals surface area contributed by atoms with Crippen LogP contribution in [-0.4, -0.2) is 6.61 Å². The van der Waals surface area contributed by atoms with Crippen LogP contribution >= 0.6 is 0 Å². The summed E-state index contributed by atoms with van der Waals surface area (Å²) in [6.07, 6.45) is 6.40. The van der Waals surface area contributed by atoms with Crippen LogP contribution in [0.1, 0.15) is 12.0 Å². The van der Waals surface area contributed by atoms with E-state index >= 15 is 0 Å². The van der Waals surface area contributed by atoms with Gasteiger partial charge in [-0.1, -0.05) is 48.6 Å². The highest BCUT2D eigenvalue weighted by molar-refractivity contribution is 5.89. The van der Waals surface area contributed by atoms with Crippen LogP contribution in [0.5, 0.6) is 5.75 Å². The smallest absolute Gasteiger partial charge is 0.130 e. The van der Waals surface area contributed by atoms with E-state index in [-0.39, 0.29) is 0 Å². The molecule has 1 aliphatic heterocycles. The summed E-state index contributed by atoms with van der Waals surface area (Å²) in [5, 5.41) is 2.49. The number of hydrogen-bond acceptors (Lipinski definition) is 1. The first kappa shape index (κ1) is 9.46. The van der Waals surface area contributed by atoms with Crippen LogP contribution < -0.4 is 4.74 Å². The quantitative estimate of drug-likeness (QED) is 0.602. The molecule has 0 aliphatic carbocycles. The molecule has 0 N–H and O–H groups in total. The van der Waals surface area contributed by atoms with Crippen LogP contribution in [0.3, 0.4) is 0 Å². The first-order valence-electron chi connectivity index (χ1n) is 5.73. The van der Waals surface area contributed by atoms with Crippen molar-refractivity contribution in [2.45, 2.75) is 12.8 Å². The topological polar surface area (TPSA) is 9.23 Å². The molecule has 0 unspecified atom stereocenters. The number of allylic oxidation sites excluding steroid dienone is 1. The van der Waals surface area contributed by atoms with Gasteiger partial charge in [-0.2, -0.15) is 0 Å². The van der Waals surface area contributed by atoms with Crippen LogP contribution in [0.2, 0.25) is 0 Å². The molecule has 1 aliphatic rings. The predicted molar refractivity (Wildman–Crippen MR) is 66.9 cm³/mol. The van der Waals surface area contributed by atoms with Crippen molar-refractivity contribution >= 4 is 10.8 Å². The average molecular weight is 210 g/mol. The van der Waals surface area contributed by atoms with E-state index in [4.69, 9.17) is 4.74 Å². The van der Waals surface area contributed by atoms with E-state index in [0.717, 1.165) is 25.2 Å². The summed E-state index contributed by atoms with van der Waals surface area (Å²) < 4.78 is 5.89. The van der Waals surface area contributed by atoms with Crippen molar-refractivity contribution in [2.75, 3.05) is 6.61 Å². The normalized spacial score (nSPS) is 17.0. The molecule has 2 aromatic carbocycles. The predicted octanol–water partition coefficient (Wildman–Crippen LogP) is 3.72. The minimum Gasteiger partial charge on any atom is -0.492 e. The average Bonchev–Trinajstić information content (AvgIpc) is 2.29. The van der Waals surface area contributed by atoms with Gasteiger partial charge >= 0.3 is 0 Å². The summed E-state index contributed by atoms with van der Waals surface area (Å²) in [6.45, 7) is 0.775. The van der Waals surface area contributed by atoms with Gasteiger partial charge in [-0.3, -0.25) is 0 Å². The summed E-state index contributed by atoms with van der Waals surface area (Å²) in [5.41, 5.74) is 1.29. The Morgan fingerprint density at radius 2 is 1.88 bits per heavy atom. The highest BCUT2D eigenvalue weighted by Gasteiger charge is 2.08. The molecule has 1 heterocycles. The molecule has 0 atom stereocenters. The van der Waals surface area contributed by atoms with Crippen LogP contribution in [-0.2, 0) is 6.42 Å². The van der Waals surface area contributed by atoms with Gasteiger partial charge in [0.15, 0.2) is 0 Å². The summed E-state index contributed by atoms with van der Waals surface area (Å²) >= 11 is 0. The maximum Gasteiger partial charge on any atom is 0.130 e. The third-order valence-electron chi connectivity index (χ3n) is 3.00. The lowest BCUT2D eigenvalue weighted by molar-refractivity contribution is 0.324. The molecule has 1 nitrogen and oxygen atoms in total. The molecule has 0 fully saturated rings. The Balaban J connectivity index is 2.23. The van der Waals surface area contributed by atoms with Crippen LogP contribution in [0.25, 0.3) is 10.8 Å². The van der Waals surface area contributed by atoms with Gasteiger partial charge in [0, 0.05) is 5.39 Å². The lowest BCUT2D eigenvalue weighted by Gasteiger charge is -2.14. The maximum atomic E-state index is 5.89. The number of fused-ring (bicyclic) bond motifs is 3. The molecule has 1 heteroatoms. The molecule has 16 heavy (non-hydrogen) atoms. The molecule has 0 amide bonds. The van der Waals surface area contributed by atoms with Gasteiger partial charge in [0.25, 0.3) is 0 Å². The fourth-order valence-corrected chi connectivity index (χ4v) is 2.18. The Labute approximate surface area is 95.4 Å². The van der Waals surface area contributed by atoms with E-state index in [0.29, 0.717) is 0 Å². The van der Waals surface area contributed by atoms with Crippen LogP contribution in [0, 0.1) is 0 Å². The summed E-state index contributed by atoms with van der Waals surface area (Å²) in [5.74, 6) is 1.07. The van der Waals surface area contributed by atoms with Crippen molar-refractivity contribution in [3.8, 4) is 5.75 Å². The van der Waals surface area contributed by atoms with E-state index in [1.54, 1.807) is 0 Å². The van der Waals surface area contributed by atoms with Crippen molar-refractivity contribution in [3.63, 3.8) is 0 Å². The van der Waals surface area contributed by atoms with Gasteiger partial charge in [0.2, 0.25) is 0 Å². The second-order valence-electron chi connectivity index (χ2n) is 4.09. The Kier molecular flexibility index (Phi) is 2.37. The van der Waals surface area contributed by atoms with Crippen molar-refractivity contribution in [3.05, 3.63) is 54.1 Å². The Morgan fingerprint density at radius 3 is 2.88 bits per heavy atom. The largest absolute Gasteiger partial charge is 0.492 e. The minimum absolute atomic E-state index is 0.775. The molecule has 0 saturated heterocycles. The first-order chi connectivity index (χ1) is 7.95. The number of hydrogen-bond donors (Lipinski definition) is 0. The SMILES string of the molecule is C1=C\Cc2ccc3ccccc3c2OCC/1. The summed E-state index contributed by atoms with van der Waals surface area (Å²) in [6, 6.07) is 12.8. The molecule has 0 aromatic heterocycles. The Morgan fingerprint density at radius 1 is 0.938 bits per heavy atom. The van der Waals surface area contributed by atoms with Crippen LogP contribution in [0.4, 0.5) is 0 Å². The molecule has 0 spiro atoms.